The van der Waals surface area contributed by atoms with Crippen molar-refractivity contribution in [3.8, 4) is 0 Å². The van der Waals surface area contributed by atoms with Crippen LogP contribution in [-0.2, 0) is 9.47 Å². The summed E-state index contributed by atoms with van der Waals surface area (Å²) >= 11 is 0. The van der Waals surface area contributed by atoms with E-state index in [0.29, 0.717) is 11.1 Å². The van der Waals surface area contributed by atoms with E-state index in [1.165, 1.54) is 12.1 Å². The lowest BCUT2D eigenvalue weighted by molar-refractivity contribution is -0.385. The average Bonchev–Trinajstić information content (AvgIpc) is 2.64. The number of non-ortho nitro benzene ring substituents is 1. The monoisotopic (exact) mass is 342 g/mol. The number of rotatable bonds is 4. The summed E-state index contributed by atoms with van der Waals surface area (Å²) in [6.07, 6.45) is -0.995. The highest BCUT2D eigenvalue weighted by Gasteiger charge is 2.31. The molecule has 0 saturated carbocycles. The molecule has 0 unspecified atom stereocenters. The van der Waals surface area contributed by atoms with Crippen molar-refractivity contribution in [2.45, 2.75) is 25.4 Å². The number of nitrogens with one attached hydrogen (secondary N) is 1. The van der Waals surface area contributed by atoms with Crippen LogP contribution in [0.15, 0.2) is 54.6 Å². The molecular formula is C18H18N2O5. The van der Waals surface area contributed by atoms with E-state index in [1.807, 2.05) is 13.0 Å². The van der Waals surface area contributed by atoms with Gasteiger partial charge in [0.1, 0.15) is 0 Å². The molecule has 3 atom stereocenters. The van der Waals surface area contributed by atoms with E-state index in [4.69, 9.17) is 9.47 Å². The third kappa shape index (κ3) is 4.01. The Kier molecular flexibility index (Phi) is 5.06. The van der Waals surface area contributed by atoms with Crippen LogP contribution in [0, 0.1) is 10.1 Å². The number of carbonyl (C=O) groups is 1. The highest BCUT2D eigenvalue weighted by Crippen LogP contribution is 2.28. The number of carbonyl (C=O) groups excluding carboxylic acids is 1. The van der Waals surface area contributed by atoms with Crippen molar-refractivity contribution in [1.82, 2.24) is 5.32 Å². The van der Waals surface area contributed by atoms with E-state index in [-0.39, 0.29) is 30.3 Å². The van der Waals surface area contributed by atoms with Gasteiger partial charge in [0.05, 0.1) is 23.7 Å². The summed E-state index contributed by atoms with van der Waals surface area (Å²) < 4.78 is 11.5. The zero-order valence-electron chi connectivity index (χ0n) is 13.6. The van der Waals surface area contributed by atoms with Crippen molar-refractivity contribution in [2.24, 2.45) is 0 Å². The SMILES string of the molecule is C[C@@H]1O[C@H](c2cccc([N+](=O)[O-])c2)OC[C@H]1NC(=O)c1ccccc1. The molecule has 1 aliphatic rings. The van der Waals surface area contributed by atoms with Crippen LogP contribution in [0.1, 0.15) is 29.1 Å². The maximum absolute atomic E-state index is 12.2. The van der Waals surface area contributed by atoms with E-state index in [0.717, 1.165) is 0 Å². The summed E-state index contributed by atoms with van der Waals surface area (Å²) in [6, 6.07) is 14.8. The largest absolute Gasteiger partial charge is 0.346 e. The Morgan fingerprint density at radius 2 is 1.96 bits per heavy atom. The predicted molar refractivity (Wildman–Crippen MR) is 90.0 cm³/mol. The summed E-state index contributed by atoms with van der Waals surface area (Å²) in [4.78, 5) is 22.7. The van der Waals surface area contributed by atoms with Gasteiger partial charge in [0.2, 0.25) is 0 Å². The Morgan fingerprint density at radius 3 is 2.64 bits per heavy atom. The maximum atomic E-state index is 12.2. The number of nitro benzene ring substituents is 1. The quantitative estimate of drug-likeness (QED) is 0.681. The van der Waals surface area contributed by atoms with Crippen molar-refractivity contribution >= 4 is 11.6 Å². The Bertz CT molecular complexity index is 765. The molecule has 130 valence electrons. The number of hydrogen-bond acceptors (Lipinski definition) is 5. The van der Waals surface area contributed by atoms with E-state index in [9.17, 15) is 14.9 Å². The van der Waals surface area contributed by atoms with E-state index >= 15 is 0 Å². The van der Waals surface area contributed by atoms with Gasteiger partial charge >= 0.3 is 0 Å². The molecule has 0 radical (unpaired) electrons. The second kappa shape index (κ2) is 7.42. The Hall–Kier alpha value is -2.77. The van der Waals surface area contributed by atoms with Crippen molar-refractivity contribution in [3.63, 3.8) is 0 Å². The molecule has 0 spiro atoms. The fourth-order valence-corrected chi connectivity index (χ4v) is 2.62. The third-order valence-electron chi connectivity index (χ3n) is 4.04. The molecule has 1 amide bonds. The van der Waals surface area contributed by atoms with E-state index in [2.05, 4.69) is 5.32 Å². The molecule has 1 saturated heterocycles. The lowest BCUT2D eigenvalue weighted by Gasteiger charge is -2.35. The normalized spacial score (nSPS) is 23.0. The first-order chi connectivity index (χ1) is 12.0. The fraction of sp³-hybridized carbons (Fsp3) is 0.278. The van der Waals surface area contributed by atoms with E-state index < -0.39 is 11.2 Å². The van der Waals surface area contributed by atoms with Crippen LogP contribution in [0.4, 0.5) is 5.69 Å². The standard InChI is InChI=1S/C18H18N2O5/c1-12-16(19-17(21)13-6-3-2-4-7-13)11-24-18(25-12)14-8-5-9-15(10-14)20(22)23/h2-10,12,16,18H,11H2,1H3,(H,19,21)/t12-,16+,18+/m0/s1. The van der Waals surface area contributed by atoms with Crippen LogP contribution in [0.3, 0.4) is 0 Å². The lowest BCUT2D eigenvalue weighted by Crippen LogP contribution is -2.50. The first-order valence-electron chi connectivity index (χ1n) is 7.92. The molecule has 1 fully saturated rings. The molecule has 1 N–H and O–H groups in total. The van der Waals surface area contributed by atoms with Crippen LogP contribution in [-0.4, -0.2) is 29.6 Å². The predicted octanol–water partition coefficient (Wildman–Crippen LogP) is 2.83. The Balaban J connectivity index is 1.64. The molecule has 3 rings (SSSR count). The number of ether oxygens (including phenoxy) is 2. The molecule has 2 aromatic carbocycles. The topological polar surface area (TPSA) is 90.7 Å². The van der Waals surface area contributed by atoms with Crippen LogP contribution >= 0.6 is 0 Å². The molecule has 7 nitrogen and oxygen atoms in total. The van der Waals surface area contributed by atoms with Gasteiger partial charge in [0, 0.05) is 23.3 Å². The van der Waals surface area contributed by atoms with Crippen LogP contribution in [0.25, 0.3) is 0 Å². The van der Waals surface area contributed by atoms with Gasteiger partial charge in [-0.2, -0.15) is 0 Å². The van der Waals surface area contributed by atoms with E-state index in [1.54, 1.807) is 36.4 Å². The minimum absolute atomic E-state index is 0.0168. The van der Waals surface area contributed by atoms with Gasteiger partial charge in [-0.15, -0.1) is 0 Å². The number of benzene rings is 2. The molecule has 0 aromatic heterocycles. The summed E-state index contributed by atoms with van der Waals surface area (Å²) in [5.41, 5.74) is 1.13. The fourth-order valence-electron chi connectivity index (χ4n) is 2.62. The molecule has 1 aliphatic heterocycles. The van der Waals surface area contributed by atoms with Crippen LogP contribution in [0.2, 0.25) is 0 Å². The Morgan fingerprint density at radius 1 is 1.20 bits per heavy atom. The first kappa shape index (κ1) is 17.1. The van der Waals surface area contributed by atoms with Crippen LogP contribution in [0.5, 0.6) is 0 Å². The minimum atomic E-state index is -0.695. The molecule has 25 heavy (non-hydrogen) atoms. The minimum Gasteiger partial charge on any atom is -0.346 e. The van der Waals surface area contributed by atoms with Gasteiger partial charge in [0.15, 0.2) is 6.29 Å². The number of amides is 1. The van der Waals surface area contributed by atoms with Gasteiger partial charge < -0.3 is 14.8 Å². The average molecular weight is 342 g/mol. The highest BCUT2D eigenvalue weighted by atomic mass is 16.7. The number of nitro groups is 1. The summed E-state index contributed by atoms with van der Waals surface area (Å²) in [6.45, 7) is 2.09. The van der Waals surface area contributed by atoms with Crippen molar-refractivity contribution in [2.75, 3.05) is 6.61 Å². The van der Waals surface area contributed by atoms with Crippen molar-refractivity contribution in [3.05, 3.63) is 75.8 Å². The summed E-state index contributed by atoms with van der Waals surface area (Å²) in [5.74, 6) is -0.196. The molecule has 2 aromatic rings. The number of nitrogens with zero attached hydrogens (tertiary/aromatic N) is 1. The highest BCUT2D eigenvalue weighted by molar-refractivity contribution is 5.94. The summed E-state index contributed by atoms with van der Waals surface area (Å²) in [7, 11) is 0. The second-order valence-electron chi connectivity index (χ2n) is 5.80. The van der Waals surface area contributed by atoms with Crippen LogP contribution < -0.4 is 5.32 Å². The van der Waals surface area contributed by atoms with Gasteiger partial charge in [-0.05, 0) is 19.1 Å². The van der Waals surface area contributed by atoms with Gasteiger partial charge in [-0.25, -0.2) is 0 Å². The maximum Gasteiger partial charge on any atom is 0.269 e. The third-order valence-corrected chi connectivity index (χ3v) is 4.04. The molecule has 1 heterocycles. The molecule has 0 aliphatic carbocycles. The smallest absolute Gasteiger partial charge is 0.269 e. The molecular weight excluding hydrogens is 324 g/mol. The molecule has 0 bridgehead atoms. The van der Waals surface area contributed by atoms with Gasteiger partial charge in [0.25, 0.3) is 11.6 Å². The Labute approximate surface area is 144 Å². The zero-order chi connectivity index (χ0) is 17.8. The first-order valence-corrected chi connectivity index (χ1v) is 7.92. The van der Waals surface area contributed by atoms with Gasteiger partial charge in [-0.3, -0.25) is 14.9 Å². The second-order valence-corrected chi connectivity index (χ2v) is 5.80. The summed E-state index contributed by atoms with van der Waals surface area (Å²) in [5, 5.41) is 13.8. The number of hydrogen-bond donors (Lipinski definition) is 1. The molecule has 7 heteroatoms. The zero-order valence-corrected chi connectivity index (χ0v) is 13.6. The van der Waals surface area contributed by atoms with Crippen molar-refractivity contribution < 1.29 is 19.2 Å². The van der Waals surface area contributed by atoms with Crippen molar-refractivity contribution in [1.29, 1.82) is 0 Å². The van der Waals surface area contributed by atoms with Gasteiger partial charge in [-0.1, -0.05) is 30.3 Å². The lowest BCUT2D eigenvalue weighted by atomic mass is 10.1.